The van der Waals surface area contributed by atoms with Gasteiger partial charge in [-0.05, 0) is 55.3 Å². The van der Waals surface area contributed by atoms with E-state index in [-0.39, 0.29) is 24.3 Å². The van der Waals surface area contributed by atoms with Crippen LogP contribution in [0.15, 0.2) is 87.8 Å². The molecular formula is C31H26Cl2N2O5S. The van der Waals surface area contributed by atoms with E-state index >= 15 is 0 Å². The third-order valence-corrected chi connectivity index (χ3v) is 8.24. The summed E-state index contributed by atoms with van der Waals surface area (Å²) in [5.74, 6) is 0.512. The Labute approximate surface area is 250 Å². The lowest BCUT2D eigenvalue weighted by atomic mass is 9.96. The topological polar surface area (TPSA) is 79.1 Å². The summed E-state index contributed by atoms with van der Waals surface area (Å²) in [6.45, 7) is 3.93. The largest absolute Gasteiger partial charge is 0.493 e. The van der Waals surface area contributed by atoms with Crippen LogP contribution in [0.3, 0.4) is 0 Å². The molecule has 0 bridgehead atoms. The SMILES string of the molecule is CCOC(=O)C1=C(C)N=c2sc(=Cc3ccc(OCc4ccccc4Cl)c(OC)c3)c(=O)n2[C@@H]1c1ccccc1Cl. The first kappa shape index (κ1) is 28.7. The van der Waals surface area contributed by atoms with Crippen LogP contribution in [0.25, 0.3) is 6.08 Å². The molecule has 1 aromatic heterocycles. The number of halogens is 2. The molecule has 0 saturated heterocycles. The Kier molecular flexibility index (Phi) is 8.63. The molecule has 3 aromatic carbocycles. The Bertz CT molecular complexity index is 1840. The molecule has 0 radical (unpaired) electrons. The zero-order chi connectivity index (χ0) is 29.1. The molecule has 0 N–H and O–H groups in total. The van der Waals surface area contributed by atoms with E-state index in [9.17, 15) is 9.59 Å². The van der Waals surface area contributed by atoms with Crippen molar-refractivity contribution in [1.82, 2.24) is 4.57 Å². The van der Waals surface area contributed by atoms with E-state index in [2.05, 4.69) is 4.99 Å². The number of benzene rings is 3. The average molecular weight is 610 g/mol. The monoisotopic (exact) mass is 608 g/mol. The van der Waals surface area contributed by atoms with Crippen LogP contribution in [0.4, 0.5) is 0 Å². The highest BCUT2D eigenvalue weighted by Gasteiger charge is 2.34. The van der Waals surface area contributed by atoms with E-state index in [1.165, 1.54) is 15.9 Å². The Morgan fingerprint density at radius 3 is 2.49 bits per heavy atom. The predicted octanol–water partition coefficient (Wildman–Crippen LogP) is 5.69. The van der Waals surface area contributed by atoms with Crippen molar-refractivity contribution in [3.63, 3.8) is 0 Å². The Morgan fingerprint density at radius 2 is 1.78 bits per heavy atom. The molecule has 0 amide bonds. The molecule has 0 fully saturated rings. The second-order valence-electron chi connectivity index (χ2n) is 9.11. The molecule has 0 spiro atoms. The predicted molar refractivity (Wildman–Crippen MR) is 161 cm³/mol. The fourth-order valence-electron chi connectivity index (χ4n) is 4.60. The highest BCUT2D eigenvalue weighted by atomic mass is 35.5. The molecule has 10 heteroatoms. The zero-order valence-corrected chi connectivity index (χ0v) is 24.8. The van der Waals surface area contributed by atoms with Crippen molar-refractivity contribution in [1.29, 1.82) is 0 Å². The number of esters is 1. The molecule has 5 rings (SSSR count). The second kappa shape index (κ2) is 12.3. The molecule has 0 aliphatic carbocycles. The van der Waals surface area contributed by atoms with Crippen molar-refractivity contribution in [2.75, 3.05) is 13.7 Å². The van der Waals surface area contributed by atoms with Gasteiger partial charge in [0.1, 0.15) is 12.6 Å². The maximum atomic E-state index is 13.9. The smallest absolute Gasteiger partial charge is 0.338 e. The summed E-state index contributed by atoms with van der Waals surface area (Å²) in [4.78, 5) is 32.0. The van der Waals surface area contributed by atoms with Crippen molar-refractivity contribution >= 4 is 46.6 Å². The Morgan fingerprint density at radius 1 is 1.05 bits per heavy atom. The number of thiazole rings is 1. The van der Waals surface area contributed by atoms with Gasteiger partial charge < -0.3 is 14.2 Å². The average Bonchev–Trinajstić information content (AvgIpc) is 3.26. The number of carbonyl (C=O) groups is 1. The highest BCUT2D eigenvalue weighted by molar-refractivity contribution is 7.07. The van der Waals surface area contributed by atoms with Gasteiger partial charge >= 0.3 is 5.97 Å². The summed E-state index contributed by atoms with van der Waals surface area (Å²) in [6, 6.07) is 19.2. The van der Waals surface area contributed by atoms with Crippen molar-refractivity contribution in [3.05, 3.63) is 124 Å². The van der Waals surface area contributed by atoms with Gasteiger partial charge in [0.25, 0.3) is 5.56 Å². The van der Waals surface area contributed by atoms with Gasteiger partial charge in [-0.2, -0.15) is 0 Å². The van der Waals surface area contributed by atoms with Crippen LogP contribution in [0.2, 0.25) is 10.0 Å². The summed E-state index contributed by atoms with van der Waals surface area (Å²) in [5.41, 5.74) is 2.65. The van der Waals surface area contributed by atoms with Gasteiger partial charge in [-0.1, -0.05) is 77.0 Å². The lowest BCUT2D eigenvalue weighted by Gasteiger charge is -2.25. The van der Waals surface area contributed by atoms with Gasteiger partial charge in [0.15, 0.2) is 16.3 Å². The van der Waals surface area contributed by atoms with E-state index in [4.69, 9.17) is 37.4 Å². The highest BCUT2D eigenvalue weighted by Crippen LogP contribution is 2.34. The van der Waals surface area contributed by atoms with E-state index < -0.39 is 12.0 Å². The molecule has 41 heavy (non-hydrogen) atoms. The molecule has 7 nitrogen and oxygen atoms in total. The van der Waals surface area contributed by atoms with E-state index in [0.29, 0.717) is 42.1 Å². The standard InChI is InChI=1S/C31H26Cl2N2O5S/c1-4-39-30(37)27-18(2)34-31-35(28(27)21-10-6-8-12-23(21)33)29(36)26(41-31)16-19-13-14-24(25(15-19)38-3)40-17-20-9-5-7-11-22(20)32/h5-16,28H,4,17H2,1-3H3/t28-/m1/s1. The van der Waals surface area contributed by atoms with Crippen LogP contribution in [-0.2, 0) is 16.1 Å². The minimum atomic E-state index is -0.781. The maximum absolute atomic E-state index is 13.9. The van der Waals surface area contributed by atoms with Crippen LogP contribution < -0.4 is 24.4 Å². The number of aromatic nitrogens is 1. The molecular weight excluding hydrogens is 583 g/mol. The minimum absolute atomic E-state index is 0.190. The molecule has 2 heterocycles. The summed E-state index contributed by atoms with van der Waals surface area (Å²) >= 11 is 14.1. The van der Waals surface area contributed by atoms with E-state index in [1.54, 1.807) is 57.4 Å². The number of carbonyl (C=O) groups excluding carboxylic acids is 1. The number of ether oxygens (including phenoxy) is 3. The number of rotatable bonds is 8. The van der Waals surface area contributed by atoms with Crippen molar-refractivity contribution in [2.45, 2.75) is 26.5 Å². The van der Waals surface area contributed by atoms with Gasteiger partial charge in [-0.3, -0.25) is 9.36 Å². The first-order valence-electron chi connectivity index (χ1n) is 12.8. The quantitative estimate of drug-likeness (QED) is 0.240. The van der Waals surface area contributed by atoms with E-state index in [1.807, 2.05) is 36.4 Å². The van der Waals surface area contributed by atoms with Crippen LogP contribution in [0.5, 0.6) is 11.5 Å². The van der Waals surface area contributed by atoms with Crippen LogP contribution in [0.1, 0.15) is 36.6 Å². The molecule has 1 atom stereocenters. The molecule has 1 aliphatic heterocycles. The maximum Gasteiger partial charge on any atom is 0.338 e. The molecule has 4 aromatic rings. The molecule has 0 saturated carbocycles. The lowest BCUT2D eigenvalue weighted by Crippen LogP contribution is -2.40. The van der Waals surface area contributed by atoms with Gasteiger partial charge in [0.05, 0.1) is 29.5 Å². The van der Waals surface area contributed by atoms with Crippen LogP contribution >= 0.6 is 34.5 Å². The first-order valence-corrected chi connectivity index (χ1v) is 14.4. The third kappa shape index (κ3) is 5.81. The first-order chi connectivity index (χ1) is 19.8. The van der Waals surface area contributed by atoms with Gasteiger partial charge in [-0.25, -0.2) is 9.79 Å². The third-order valence-electron chi connectivity index (χ3n) is 6.54. The number of methoxy groups -OCH3 is 1. The number of hydrogen-bond donors (Lipinski definition) is 0. The minimum Gasteiger partial charge on any atom is -0.493 e. The van der Waals surface area contributed by atoms with Crippen LogP contribution in [0, 0.1) is 0 Å². The molecule has 0 unspecified atom stereocenters. The van der Waals surface area contributed by atoms with Gasteiger partial charge in [0.2, 0.25) is 0 Å². The summed E-state index contributed by atoms with van der Waals surface area (Å²) < 4.78 is 18.8. The van der Waals surface area contributed by atoms with Crippen LogP contribution in [-0.4, -0.2) is 24.3 Å². The number of hydrogen-bond acceptors (Lipinski definition) is 7. The molecule has 1 aliphatic rings. The van der Waals surface area contributed by atoms with Gasteiger partial charge in [0, 0.05) is 15.6 Å². The van der Waals surface area contributed by atoms with Crippen molar-refractivity contribution < 1.29 is 19.0 Å². The fraction of sp³-hybridized carbons (Fsp3) is 0.194. The van der Waals surface area contributed by atoms with Crippen molar-refractivity contribution in [3.8, 4) is 11.5 Å². The Balaban J connectivity index is 1.56. The Hall–Kier alpha value is -3.85. The summed E-state index contributed by atoms with van der Waals surface area (Å²) in [5, 5.41) is 1.05. The fourth-order valence-corrected chi connectivity index (χ4v) is 6.07. The summed E-state index contributed by atoms with van der Waals surface area (Å²) in [6.07, 6.45) is 1.76. The zero-order valence-electron chi connectivity index (χ0n) is 22.5. The summed E-state index contributed by atoms with van der Waals surface area (Å²) in [7, 11) is 1.55. The second-order valence-corrected chi connectivity index (χ2v) is 10.9. The number of allylic oxidation sites excluding steroid dienone is 1. The normalized spacial score (nSPS) is 14.9. The van der Waals surface area contributed by atoms with Crippen molar-refractivity contribution in [2.24, 2.45) is 4.99 Å². The number of fused-ring (bicyclic) bond motifs is 1. The van der Waals surface area contributed by atoms with E-state index in [0.717, 1.165) is 11.1 Å². The lowest BCUT2D eigenvalue weighted by molar-refractivity contribution is -0.139. The molecule has 210 valence electrons. The van der Waals surface area contributed by atoms with Gasteiger partial charge in [-0.15, -0.1) is 0 Å². The number of nitrogens with zero attached hydrogens (tertiary/aromatic N) is 2.